The summed E-state index contributed by atoms with van der Waals surface area (Å²) in [5.41, 5.74) is 1.53. The summed E-state index contributed by atoms with van der Waals surface area (Å²) in [6, 6.07) is 9.91. The predicted molar refractivity (Wildman–Crippen MR) is 111 cm³/mol. The minimum atomic E-state index is -0.325. The molecule has 0 atom stereocenters. The normalized spacial score (nSPS) is 15.5. The molecule has 3 heterocycles. The molecule has 29 heavy (non-hydrogen) atoms. The Kier molecular flexibility index (Phi) is 5.22. The van der Waals surface area contributed by atoms with E-state index in [2.05, 4.69) is 20.0 Å². The Labute approximate surface area is 171 Å². The lowest BCUT2D eigenvalue weighted by molar-refractivity contribution is 0.124. The first-order valence-electron chi connectivity index (χ1n) is 10.1. The molecule has 1 aromatic carbocycles. The number of anilines is 1. The number of ether oxygens (including phenoxy) is 1. The van der Waals surface area contributed by atoms with E-state index in [4.69, 9.17) is 14.2 Å². The van der Waals surface area contributed by atoms with Crippen molar-refractivity contribution in [1.82, 2.24) is 20.1 Å². The quantitative estimate of drug-likeness (QED) is 0.650. The summed E-state index contributed by atoms with van der Waals surface area (Å²) >= 11 is 0. The van der Waals surface area contributed by atoms with Gasteiger partial charge in [-0.2, -0.15) is 4.98 Å². The van der Waals surface area contributed by atoms with Crippen LogP contribution in [0.4, 0.5) is 5.82 Å². The second-order valence-corrected chi connectivity index (χ2v) is 8.44. The number of rotatable bonds is 4. The molecule has 4 rings (SSSR count). The molecule has 2 aromatic heterocycles. The van der Waals surface area contributed by atoms with Crippen LogP contribution in [0.1, 0.15) is 51.1 Å². The highest BCUT2D eigenvalue weighted by atomic mass is 16.5. The molecule has 0 unspecified atom stereocenters. The van der Waals surface area contributed by atoms with E-state index in [1.54, 1.807) is 6.20 Å². The molecule has 7 nitrogen and oxygen atoms in total. The minimum absolute atomic E-state index is 0.251. The van der Waals surface area contributed by atoms with E-state index >= 15 is 0 Å². The molecule has 1 aliphatic heterocycles. The molecule has 3 aromatic rings. The third kappa shape index (κ3) is 4.55. The summed E-state index contributed by atoms with van der Waals surface area (Å²) in [6.07, 6.45) is 3.59. The largest absolute Gasteiger partial charge is 0.469 e. The van der Waals surface area contributed by atoms with Gasteiger partial charge in [0.15, 0.2) is 5.82 Å². The van der Waals surface area contributed by atoms with Crippen LogP contribution in [0.25, 0.3) is 11.4 Å². The lowest BCUT2D eigenvalue weighted by Crippen LogP contribution is -2.35. The van der Waals surface area contributed by atoms with E-state index in [-0.39, 0.29) is 11.5 Å². The average molecular weight is 393 g/mol. The van der Waals surface area contributed by atoms with Crippen LogP contribution in [-0.2, 0) is 0 Å². The molecule has 1 saturated heterocycles. The first-order chi connectivity index (χ1) is 13.9. The van der Waals surface area contributed by atoms with Gasteiger partial charge in [-0.15, -0.1) is 0 Å². The fourth-order valence-corrected chi connectivity index (χ4v) is 3.47. The Bertz CT molecular complexity index is 957. The van der Waals surface area contributed by atoms with Crippen LogP contribution in [0.15, 0.2) is 41.1 Å². The van der Waals surface area contributed by atoms with Crippen LogP contribution in [-0.4, -0.2) is 38.8 Å². The third-order valence-electron chi connectivity index (χ3n) is 4.86. The minimum Gasteiger partial charge on any atom is -0.469 e. The fourth-order valence-electron chi connectivity index (χ4n) is 3.47. The summed E-state index contributed by atoms with van der Waals surface area (Å²) in [5.74, 6) is 3.01. The van der Waals surface area contributed by atoms with Gasteiger partial charge in [0.25, 0.3) is 5.88 Å². The van der Waals surface area contributed by atoms with Gasteiger partial charge in [-0.3, -0.25) is 0 Å². The summed E-state index contributed by atoms with van der Waals surface area (Å²) in [4.78, 5) is 16.1. The van der Waals surface area contributed by atoms with Crippen LogP contribution in [0.3, 0.4) is 0 Å². The number of aryl methyl sites for hydroxylation is 1. The van der Waals surface area contributed by atoms with E-state index in [0.717, 1.165) is 43.0 Å². The van der Waals surface area contributed by atoms with Crippen molar-refractivity contribution < 1.29 is 9.26 Å². The second-order valence-electron chi connectivity index (χ2n) is 8.44. The molecule has 1 fully saturated rings. The molecule has 0 saturated carbocycles. The van der Waals surface area contributed by atoms with Gasteiger partial charge in [-0.1, -0.05) is 35.5 Å². The summed E-state index contributed by atoms with van der Waals surface area (Å²) in [7, 11) is 0. The van der Waals surface area contributed by atoms with Crippen molar-refractivity contribution in [2.75, 3.05) is 18.0 Å². The number of benzene rings is 1. The summed E-state index contributed by atoms with van der Waals surface area (Å²) in [5, 5.41) is 4.16. The standard InChI is InChI=1S/C22H27N5O2/c1-15-14-23-21(28-22(2,3)4)19(24-15)27-12-10-17(11-13-27)20-25-18(26-29-20)16-8-6-5-7-9-16/h5-9,14,17H,10-13H2,1-4H3. The van der Waals surface area contributed by atoms with Crippen LogP contribution in [0, 0.1) is 6.92 Å². The Morgan fingerprint density at radius 2 is 1.79 bits per heavy atom. The van der Waals surface area contributed by atoms with Crippen molar-refractivity contribution in [3.63, 3.8) is 0 Å². The SMILES string of the molecule is Cc1cnc(OC(C)(C)C)c(N2CCC(c3nc(-c4ccccc4)no3)CC2)n1. The van der Waals surface area contributed by atoms with Gasteiger partial charge >= 0.3 is 0 Å². The molecule has 0 spiro atoms. The highest BCUT2D eigenvalue weighted by Gasteiger charge is 2.29. The Balaban J connectivity index is 1.47. The van der Waals surface area contributed by atoms with Crippen molar-refractivity contribution >= 4 is 5.82 Å². The van der Waals surface area contributed by atoms with Crippen LogP contribution in [0.5, 0.6) is 5.88 Å². The molecule has 7 heteroatoms. The maximum absolute atomic E-state index is 6.05. The fraction of sp³-hybridized carbons (Fsp3) is 0.455. The first-order valence-corrected chi connectivity index (χ1v) is 10.1. The maximum atomic E-state index is 6.05. The molecule has 0 N–H and O–H groups in total. The van der Waals surface area contributed by atoms with Crippen molar-refractivity contribution in [2.24, 2.45) is 0 Å². The Morgan fingerprint density at radius 3 is 2.48 bits per heavy atom. The maximum Gasteiger partial charge on any atom is 0.258 e. The lowest BCUT2D eigenvalue weighted by Gasteiger charge is -2.33. The molecular formula is C22H27N5O2. The highest BCUT2D eigenvalue weighted by molar-refractivity contribution is 5.53. The van der Waals surface area contributed by atoms with Crippen molar-refractivity contribution in [3.05, 3.63) is 48.1 Å². The number of aromatic nitrogens is 4. The van der Waals surface area contributed by atoms with E-state index in [0.29, 0.717) is 17.6 Å². The van der Waals surface area contributed by atoms with Crippen molar-refractivity contribution in [3.8, 4) is 17.3 Å². The van der Waals surface area contributed by atoms with Gasteiger partial charge in [0.1, 0.15) is 5.60 Å². The predicted octanol–water partition coefficient (Wildman–Crippen LogP) is 4.40. The number of nitrogens with zero attached hydrogens (tertiary/aromatic N) is 5. The van der Waals surface area contributed by atoms with Gasteiger partial charge in [-0.25, -0.2) is 9.97 Å². The summed E-state index contributed by atoms with van der Waals surface area (Å²) in [6.45, 7) is 9.69. The molecule has 0 radical (unpaired) electrons. The smallest absolute Gasteiger partial charge is 0.258 e. The molecule has 0 amide bonds. The van der Waals surface area contributed by atoms with Gasteiger partial charge in [0, 0.05) is 24.6 Å². The molecular weight excluding hydrogens is 366 g/mol. The van der Waals surface area contributed by atoms with Gasteiger partial charge in [-0.05, 0) is 40.5 Å². The number of hydrogen-bond acceptors (Lipinski definition) is 7. The Morgan fingerprint density at radius 1 is 1.07 bits per heavy atom. The lowest BCUT2D eigenvalue weighted by atomic mass is 9.97. The topological polar surface area (TPSA) is 77.2 Å². The van der Waals surface area contributed by atoms with Gasteiger partial charge in [0.05, 0.1) is 11.9 Å². The van der Waals surface area contributed by atoms with Gasteiger partial charge in [0.2, 0.25) is 11.7 Å². The van der Waals surface area contributed by atoms with E-state index in [1.807, 2.05) is 58.0 Å². The van der Waals surface area contributed by atoms with Crippen LogP contribution in [0.2, 0.25) is 0 Å². The summed E-state index contributed by atoms with van der Waals surface area (Å²) < 4.78 is 11.6. The van der Waals surface area contributed by atoms with Crippen LogP contribution >= 0.6 is 0 Å². The van der Waals surface area contributed by atoms with Crippen molar-refractivity contribution in [1.29, 1.82) is 0 Å². The van der Waals surface area contributed by atoms with E-state index < -0.39 is 0 Å². The molecule has 1 aliphatic rings. The second kappa shape index (κ2) is 7.81. The number of hydrogen-bond donors (Lipinski definition) is 0. The first kappa shape index (κ1) is 19.4. The monoisotopic (exact) mass is 393 g/mol. The zero-order valence-corrected chi connectivity index (χ0v) is 17.4. The molecule has 0 bridgehead atoms. The number of piperidine rings is 1. The zero-order chi connectivity index (χ0) is 20.4. The Hall–Kier alpha value is -2.96. The zero-order valence-electron chi connectivity index (χ0n) is 17.4. The third-order valence-corrected chi connectivity index (χ3v) is 4.86. The molecule has 0 aliphatic carbocycles. The highest BCUT2D eigenvalue weighted by Crippen LogP contribution is 2.34. The van der Waals surface area contributed by atoms with Gasteiger partial charge < -0.3 is 14.2 Å². The average Bonchev–Trinajstić information content (AvgIpc) is 3.19. The van der Waals surface area contributed by atoms with Crippen LogP contribution < -0.4 is 9.64 Å². The van der Waals surface area contributed by atoms with E-state index in [9.17, 15) is 0 Å². The van der Waals surface area contributed by atoms with E-state index in [1.165, 1.54) is 0 Å². The molecule has 152 valence electrons. The van der Waals surface area contributed by atoms with Crippen molar-refractivity contribution in [2.45, 2.75) is 52.1 Å².